The van der Waals surface area contributed by atoms with Crippen molar-refractivity contribution in [2.24, 2.45) is 0 Å². The molecule has 0 fully saturated rings. The lowest BCUT2D eigenvalue weighted by Gasteiger charge is -2.20. The van der Waals surface area contributed by atoms with Crippen molar-refractivity contribution in [1.82, 2.24) is 19.7 Å². The zero-order valence-corrected chi connectivity index (χ0v) is 14.7. The third kappa shape index (κ3) is 3.32. The largest absolute Gasteiger partial charge is 0.494 e. The number of hydrogen-bond donors (Lipinski definition) is 0. The minimum absolute atomic E-state index is 0.292. The van der Waals surface area contributed by atoms with Gasteiger partial charge in [0.25, 0.3) is 0 Å². The Kier molecular flexibility index (Phi) is 4.67. The smallest absolute Gasteiger partial charge is 0.165 e. The summed E-state index contributed by atoms with van der Waals surface area (Å²) in [5, 5.41) is 8.78. The Morgan fingerprint density at radius 2 is 1.88 bits per heavy atom. The predicted molar refractivity (Wildman–Crippen MR) is 97.4 cm³/mol. The fourth-order valence-electron chi connectivity index (χ4n) is 3.39. The zero-order chi connectivity index (χ0) is 17.9. The molecule has 0 bridgehead atoms. The van der Waals surface area contributed by atoms with Crippen LogP contribution in [0.4, 0.5) is 4.39 Å². The molecule has 0 spiro atoms. The lowest BCUT2D eigenvalue weighted by molar-refractivity contribution is 0.270. The molecule has 6 heteroatoms. The summed E-state index contributed by atoms with van der Waals surface area (Å²) >= 11 is 0. The highest BCUT2D eigenvalue weighted by Crippen LogP contribution is 2.22. The van der Waals surface area contributed by atoms with E-state index in [1.807, 2.05) is 24.3 Å². The van der Waals surface area contributed by atoms with Gasteiger partial charge in [0.2, 0.25) is 0 Å². The summed E-state index contributed by atoms with van der Waals surface area (Å²) in [6.45, 7) is 3.39. The predicted octanol–water partition coefficient (Wildman–Crippen LogP) is 3.15. The highest BCUT2D eigenvalue weighted by Gasteiger charge is 2.19. The first-order valence-electron chi connectivity index (χ1n) is 8.77. The quantitative estimate of drug-likeness (QED) is 0.723. The van der Waals surface area contributed by atoms with E-state index in [-0.39, 0.29) is 5.82 Å². The second-order valence-electron chi connectivity index (χ2n) is 6.45. The summed E-state index contributed by atoms with van der Waals surface area (Å²) in [6.07, 6.45) is 0.845. The van der Waals surface area contributed by atoms with Gasteiger partial charge in [0.1, 0.15) is 5.82 Å². The minimum atomic E-state index is -0.328. The molecule has 1 aromatic heterocycles. The van der Waals surface area contributed by atoms with E-state index in [4.69, 9.17) is 4.74 Å². The molecule has 26 heavy (non-hydrogen) atoms. The van der Waals surface area contributed by atoms with Gasteiger partial charge in [0.05, 0.1) is 7.11 Å². The van der Waals surface area contributed by atoms with Gasteiger partial charge < -0.3 is 9.30 Å². The van der Waals surface area contributed by atoms with Crippen molar-refractivity contribution < 1.29 is 9.13 Å². The highest BCUT2D eigenvalue weighted by atomic mass is 19.1. The standard InChI is InChI=1S/C20H21FN4O/c1-26-18-13-15(7-8-17(18)21)14-24-10-9-19-22-23-20(25(19)12-11-24)16-5-3-2-4-6-16/h2-8,13H,9-12,14H2,1H3. The van der Waals surface area contributed by atoms with E-state index in [0.717, 1.165) is 55.4 Å². The van der Waals surface area contributed by atoms with Crippen LogP contribution < -0.4 is 4.74 Å². The molecule has 1 aliphatic heterocycles. The molecule has 1 aliphatic rings. The zero-order valence-electron chi connectivity index (χ0n) is 14.7. The molecule has 0 unspecified atom stereocenters. The molecule has 0 saturated heterocycles. The number of fused-ring (bicyclic) bond motifs is 1. The van der Waals surface area contributed by atoms with Gasteiger partial charge in [0, 0.05) is 38.2 Å². The summed E-state index contributed by atoms with van der Waals surface area (Å²) in [7, 11) is 1.49. The number of halogens is 1. The molecule has 2 heterocycles. The number of benzene rings is 2. The second kappa shape index (κ2) is 7.25. The van der Waals surface area contributed by atoms with Gasteiger partial charge in [-0.25, -0.2) is 4.39 Å². The van der Waals surface area contributed by atoms with Crippen molar-refractivity contribution >= 4 is 0 Å². The van der Waals surface area contributed by atoms with Gasteiger partial charge in [-0.3, -0.25) is 4.90 Å². The van der Waals surface area contributed by atoms with E-state index in [0.29, 0.717) is 5.75 Å². The van der Waals surface area contributed by atoms with Crippen molar-refractivity contribution in [2.45, 2.75) is 19.5 Å². The van der Waals surface area contributed by atoms with Crippen LogP contribution in [-0.2, 0) is 19.5 Å². The molecule has 0 saturated carbocycles. The first kappa shape index (κ1) is 16.7. The summed E-state index contributed by atoms with van der Waals surface area (Å²) in [6, 6.07) is 15.2. The molecule has 0 radical (unpaired) electrons. The number of rotatable bonds is 4. The van der Waals surface area contributed by atoms with Crippen molar-refractivity contribution in [3.8, 4) is 17.1 Å². The molecular formula is C20H21FN4O. The van der Waals surface area contributed by atoms with Crippen LogP contribution >= 0.6 is 0 Å². The number of hydrogen-bond acceptors (Lipinski definition) is 4. The van der Waals surface area contributed by atoms with Crippen LogP contribution in [0.2, 0.25) is 0 Å². The maximum atomic E-state index is 13.6. The monoisotopic (exact) mass is 352 g/mol. The summed E-state index contributed by atoms with van der Waals surface area (Å²) in [5.74, 6) is 1.90. The average molecular weight is 352 g/mol. The van der Waals surface area contributed by atoms with Gasteiger partial charge in [-0.05, 0) is 17.7 Å². The summed E-state index contributed by atoms with van der Waals surface area (Å²) in [4.78, 5) is 2.36. The molecule has 3 aromatic rings. The molecule has 2 aromatic carbocycles. The van der Waals surface area contributed by atoms with Crippen molar-refractivity contribution in [1.29, 1.82) is 0 Å². The maximum absolute atomic E-state index is 13.6. The van der Waals surface area contributed by atoms with Gasteiger partial charge >= 0.3 is 0 Å². The van der Waals surface area contributed by atoms with E-state index < -0.39 is 0 Å². The SMILES string of the molecule is COc1cc(CN2CCc3nnc(-c4ccccc4)n3CC2)ccc1F. The van der Waals surface area contributed by atoms with E-state index >= 15 is 0 Å². The van der Waals surface area contributed by atoms with Crippen LogP contribution in [0, 0.1) is 5.82 Å². The molecule has 0 aliphatic carbocycles. The van der Waals surface area contributed by atoms with Gasteiger partial charge in [-0.15, -0.1) is 10.2 Å². The molecular weight excluding hydrogens is 331 g/mol. The van der Waals surface area contributed by atoms with Crippen molar-refractivity contribution in [3.05, 3.63) is 65.7 Å². The third-order valence-electron chi connectivity index (χ3n) is 4.77. The van der Waals surface area contributed by atoms with Crippen LogP contribution in [0.15, 0.2) is 48.5 Å². The van der Waals surface area contributed by atoms with E-state index in [2.05, 4.69) is 31.8 Å². The fraction of sp³-hybridized carbons (Fsp3) is 0.300. The highest BCUT2D eigenvalue weighted by molar-refractivity contribution is 5.55. The Labute approximate surface area is 152 Å². The molecule has 0 amide bonds. The Morgan fingerprint density at radius 1 is 1.04 bits per heavy atom. The van der Waals surface area contributed by atoms with Gasteiger partial charge in [-0.2, -0.15) is 0 Å². The summed E-state index contributed by atoms with van der Waals surface area (Å²) < 4.78 is 20.9. The number of methoxy groups -OCH3 is 1. The normalized spacial score (nSPS) is 14.7. The first-order chi connectivity index (χ1) is 12.7. The Hall–Kier alpha value is -2.73. The number of nitrogens with zero attached hydrogens (tertiary/aromatic N) is 4. The van der Waals surface area contributed by atoms with E-state index in [1.165, 1.54) is 13.2 Å². The molecule has 0 atom stereocenters. The van der Waals surface area contributed by atoms with Crippen LogP contribution in [-0.4, -0.2) is 39.9 Å². The maximum Gasteiger partial charge on any atom is 0.165 e. The first-order valence-corrected chi connectivity index (χ1v) is 8.77. The Balaban J connectivity index is 1.50. The number of aromatic nitrogens is 3. The third-order valence-corrected chi connectivity index (χ3v) is 4.77. The minimum Gasteiger partial charge on any atom is -0.494 e. The van der Waals surface area contributed by atoms with Crippen LogP contribution in [0.5, 0.6) is 5.75 Å². The van der Waals surface area contributed by atoms with E-state index in [9.17, 15) is 4.39 Å². The molecule has 0 N–H and O–H groups in total. The van der Waals surface area contributed by atoms with Crippen LogP contribution in [0.1, 0.15) is 11.4 Å². The lowest BCUT2D eigenvalue weighted by atomic mass is 10.2. The van der Waals surface area contributed by atoms with Crippen molar-refractivity contribution in [2.75, 3.05) is 20.2 Å². The summed E-state index contributed by atoms with van der Waals surface area (Å²) in [5.41, 5.74) is 2.13. The fourth-order valence-corrected chi connectivity index (χ4v) is 3.39. The Morgan fingerprint density at radius 3 is 2.69 bits per heavy atom. The topological polar surface area (TPSA) is 43.2 Å². The van der Waals surface area contributed by atoms with Gasteiger partial charge in [0.15, 0.2) is 17.4 Å². The average Bonchev–Trinajstić information content (AvgIpc) is 2.98. The van der Waals surface area contributed by atoms with Crippen molar-refractivity contribution in [3.63, 3.8) is 0 Å². The van der Waals surface area contributed by atoms with E-state index in [1.54, 1.807) is 6.07 Å². The second-order valence-corrected chi connectivity index (χ2v) is 6.45. The molecule has 134 valence electrons. The molecule has 5 nitrogen and oxygen atoms in total. The van der Waals surface area contributed by atoms with Gasteiger partial charge in [-0.1, -0.05) is 36.4 Å². The molecule has 4 rings (SSSR count). The number of ether oxygens (including phenoxy) is 1. The Bertz CT molecular complexity index is 894. The lowest BCUT2D eigenvalue weighted by Crippen LogP contribution is -2.26. The van der Waals surface area contributed by atoms with Crippen LogP contribution in [0.25, 0.3) is 11.4 Å². The van der Waals surface area contributed by atoms with Crippen LogP contribution in [0.3, 0.4) is 0 Å².